The van der Waals surface area contributed by atoms with E-state index in [4.69, 9.17) is 0 Å². The van der Waals surface area contributed by atoms with Crippen LogP contribution in [0.3, 0.4) is 0 Å². The zero-order valence-corrected chi connectivity index (χ0v) is 26.2. The number of nitrogens with zero attached hydrogens (tertiary/aromatic N) is 5. The number of halogens is 5. The zero-order valence-electron chi connectivity index (χ0n) is 25.4. The van der Waals surface area contributed by atoms with Crippen LogP contribution in [0.25, 0.3) is 22.2 Å². The normalized spacial score (nSPS) is 18.0. The van der Waals surface area contributed by atoms with Gasteiger partial charge in [0, 0.05) is 67.7 Å². The summed E-state index contributed by atoms with van der Waals surface area (Å²) in [4.78, 5) is 40.7. The Labute approximate surface area is 270 Å². The van der Waals surface area contributed by atoms with Crippen LogP contribution in [0, 0.1) is 11.6 Å². The van der Waals surface area contributed by atoms with Gasteiger partial charge in [-0.2, -0.15) is 30.6 Å². The van der Waals surface area contributed by atoms with E-state index in [1.54, 1.807) is 18.3 Å². The molecule has 0 spiro atoms. The fraction of sp³-hybridized carbons (Fsp3) is 0.333. The number of fused-ring (bicyclic) bond motifs is 3. The molecule has 6 rings (SSSR count). The molecule has 2 aliphatic heterocycles. The number of carbonyl (C=O) groups excluding carboxylic acids is 2. The van der Waals surface area contributed by atoms with Crippen LogP contribution < -0.4 is 19.8 Å². The van der Waals surface area contributed by atoms with Gasteiger partial charge < -0.3 is 15.1 Å². The van der Waals surface area contributed by atoms with Gasteiger partial charge in [0.25, 0.3) is 0 Å². The average molecular weight is 694 g/mol. The lowest BCUT2D eigenvalue weighted by molar-refractivity contribution is -0.199. The molecule has 2 fully saturated rings. The van der Waals surface area contributed by atoms with Gasteiger partial charge >= 0.3 is 22.4 Å². The van der Waals surface area contributed by atoms with E-state index in [1.807, 2.05) is 4.72 Å². The van der Waals surface area contributed by atoms with Crippen LogP contribution >= 0.6 is 0 Å². The fourth-order valence-corrected chi connectivity index (χ4v) is 6.65. The monoisotopic (exact) mass is 693 g/mol. The second kappa shape index (κ2) is 12.4. The molecule has 2 unspecified atom stereocenters. The first-order valence-electron chi connectivity index (χ1n) is 14.7. The van der Waals surface area contributed by atoms with Gasteiger partial charge in [0.15, 0.2) is 11.5 Å². The van der Waals surface area contributed by atoms with Crippen LogP contribution in [0.2, 0.25) is 0 Å². The number of alkyl halides is 3. The van der Waals surface area contributed by atoms with Crippen LogP contribution in [-0.4, -0.2) is 84.1 Å². The van der Waals surface area contributed by atoms with E-state index < -0.39 is 62.2 Å². The predicted octanol–water partition coefficient (Wildman–Crippen LogP) is 3.67. The molecule has 5 heterocycles. The molecule has 0 amide bonds. The van der Waals surface area contributed by atoms with Crippen LogP contribution in [0.1, 0.15) is 35.7 Å². The summed E-state index contributed by atoms with van der Waals surface area (Å²) in [6, 6.07) is 7.03. The van der Waals surface area contributed by atoms with Crippen LogP contribution in [0.5, 0.6) is 0 Å². The highest BCUT2D eigenvalue weighted by molar-refractivity contribution is 7.90. The largest absolute Gasteiger partial charge is 0.493 e. The van der Waals surface area contributed by atoms with Gasteiger partial charge in [-0.3, -0.25) is 9.52 Å². The van der Waals surface area contributed by atoms with Crippen molar-refractivity contribution in [1.29, 1.82) is 0 Å². The molecule has 0 saturated carbocycles. The molecule has 2 aliphatic rings. The highest BCUT2D eigenvalue weighted by Gasteiger charge is 2.42. The number of piperazine rings is 1. The Balaban J connectivity index is 1.40. The van der Waals surface area contributed by atoms with Gasteiger partial charge in [-0.25, -0.2) is 23.5 Å². The molecule has 0 radical (unpaired) electrons. The van der Waals surface area contributed by atoms with Crippen molar-refractivity contribution in [2.75, 3.05) is 36.3 Å². The number of hydrogen-bond donors (Lipinski definition) is 2. The van der Waals surface area contributed by atoms with E-state index in [-0.39, 0.29) is 16.7 Å². The summed E-state index contributed by atoms with van der Waals surface area (Å²) in [6.07, 6.45) is 0.173. The third-order valence-electron chi connectivity index (χ3n) is 8.30. The average Bonchev–Trinajstić information content (AvgIpc) is 3.59. The Hall–Kier alpha value is -4.68. The highest BCUT2D eigenvalue weighted by atomic mass is 32.2. The molecular weight excluding hydrogens is 665 g/mol. The van der Waals surface area contributed by atoms with Crippen LogP contribution in [0.4, 0.5) is 33.5 Å². The number of hydrogen-bond acceptors (Lipinski definition) is 9. The molecule has 0 aliphatic carbocycles. The molecule has 12 nitrogen and oxygen atoms in total. The summed E-state index contributed by atoms with van der Waals surface area (Å²) in [5.74, 6) is -6.25. The lowest BCUT2D eigenvalue weighted by Crippen LogP contribution is -2.51. The number of carbonyl (C=O) groups is 2. The minimum Gasteiger partial charge on any atom is -0.353 e. The molecule has 2 saturated heterocycles. The number of rotatable bonds is 9. The molecular formula is C30H28F5N7O5S. The maximum Gasteiger partial charge on any atom is 0.493 e. The van der Waals surface area contributed by atoms with Crippen LogP contribution in [0.15, 0.2) is 48.9 Å². The van der Waals surface area contributed by atoms with E-state index in [0.29, 0.717) is 35.5 Å². The standard InChI is InChI=1S/C30H28F5N7O5S/c1-3-40(2)48(45,46)39-23-8-7-22(31)25(26(23)32)27(43)21-15-42(47-29(44)30(33,34)35)28-20(21)10-17(12-37-28)16-4-9-24(36-11-16)41-13-18-5-6-19(14-41)38-18/h4,7-12,15,18-19,38-39H,3,5-6,13-14H2,1-2H3. The SMILES string of the molecule is CCN(C)S(=O)(=O)Nc1ccc(F)c(C(=O)c2cn(OC(=O)C(F)(F)F)c3ncc(-c4ccc(N5CC6CCC(C5)N6)nc4)cc23)c1F. The van der Waals surface area contributed by atoms with E-state index >= 15 is 8.78 Å². The predicted molar refractivity (Wildman–Crippen MR) is 163 cm³/mol. The molecule has 254 valence electrons. The van der Waals surface area contributed by atoms with Crippen molar-refractivity contribution < 1.29 is 44.8 Å². The topological polar surface area (TPSA) is 139 Å². The van der Waals surface area contributed by atoms with Gasteiger partial charge in [-0.15, -0.1) is 0 Å². The number of aromatic nitrogens is 3. The summed E-state index contributed by atoms with van der Waals surface area (Å²) >= 11 is 0. The van der Waals surface area contributed by atoms with Gasteiger partial charge in [0.05, 0.1) is 23.0 Å². The van der Waals surface area contributed by atoms with Crippen LogP contribution in [-0.2, 0) is 15.0 Å². The van der Waals surface area contributed by atoms with Crippen molar-refractivity contribution in [2.45, 2.75) is 38.0 Å². The second-order valence-corrected chi connectivity index (χ2v) is 13.2. The quantitative estimate of drug-likeness (QED) is 0.199. The highest BCUT2D eigenvalue weighted by Crippen LogP contribution is 2.32. The van der Waals surface area contributed by atoms with Crippen molar-refractivity contribution >= 4 is 44.5 Å². The number of benzene rings is 1. The summed E-state index contributed by atoms with van der Waals surface area (Å²) in [7, 11) is -3.09. The van der Waals surface area contributed by atoms with Gasteiger partial charge in [0.2, 0.25) is 5.78 Å². The minimum atomic E-state index is -5.42. The minimum absolute atomic E-state index is 0.00430. The number of nitrogens with one attached hydrogen (secondary N) is 2. The maximum absolute atomic E-state index is 15.6. The third kappa shape index (κ3) is 6.29. The summed E-state index contributed by atoms with van der Waals surface area (Å²) in [5.41, 5.74) is -2.16. The molecule has 1 aromatic carbocycles. The smallest absolute Gasteiger partial charge is 0.353 e. The summed E-state index contributed by atoms with van der Waals surface area (Å²) in [6.45, 7) is 3.09. The Bertz CT molecular complexity index is 2010. The summed E-state index contributed by atoms with van der Waals surface area (Å²) in [5, 5.41) is 3.32. The van der Waals surface area contributed by atoms with Crippen molar-refractivity contribution in [3.05, 3.63) is 71.7 Å². The Morgan fingerprint density at radius 1 is 1.06 bits per heavy atom. The summed E-state index contributed by atoms with van der Waals surface area (Å²) < 4.78 is 98.0. The van der Waals surface area contributed by atoms with Crippen molar-refractivity contribution in [1.82, 2.24) is 24.3 Å². The molecule has 2 bridgehead atoms. The fourth-order valence-electron chi connectivity index (χ4n) is 5.72. The molecule has 3 aromatic heterocycles. The van der Waals surface area contributed by atoms with Crippen molar-refractivity contribution in [3.8, 4) is 11.1 Å². The van der Waals surface area contributed by atoms with Crippen molar-refractivity contribution in [3.63, 3.8) is 0 Å². The molecule has 18 heteroatoms. The first-order chi connectivity index (χ1) is 22.7. The third-order valence-corrected chi connectivity index (χ3v) is 9.86. The molecule has 4 aromatic rings. The van der Waals surface area contributed by atoms with Gasteiger partial charge in [-0.1, -0.05) is 6.92 Å². The Morgan fingerprint density at radius 3 is 2.38 bits per heavy atom. The Kier molecular flexibility index (Phi) is 8.59. The maximum atomic E-state index is 15.6. The van der Waals surface area contributed by atoms with E-state index in [9.17, 15) is 31.2 Å². The number of pyridine rings is 2. The second-order valence-electron chi connectivity index (χ2n) is 11.4. The Morgan fingerprint density at radius 2 is 1.75 bits per heavy atom. The van der Waals surface area contributed by atoms with Crippen molar-refractivity contribution in [2.24, 2.45) is 0 Å². The first-order valence-corrected chi connectivity index (χ1v) is 16.1. The molecule has 2 N–H and O–H groups in total. The number of ketones is 1. The van der Waals surface area contributed by atoms with Gasteiger partial charge in [-0.05, 0) is 43.2 Å². The molecule has 48 heavy (non-hydrogen) atoms. The van der Waals surface area contributed by atoms with E-state index in [0.717, 1.165) is 42.1 Å². The van der Waals surface area contributed by atoms with E-state index in [1.165, 1.54) is 26.2 Å². The van der Waals surface area contributed by atoms with Gasteiger partial charge in [0.1, 0.15) is 11.6 Å². The number of anilines is 2. The molecule has 2 atom stereocenters. The lowest BCUT2D eigenvalue weighted by Gasteiger charge is -2.33. The lowest BCUT2D eigenvalue weighted by atomic mass is 10.00. The first kappa shape index (κ1) is 33.2. The zero-order chi connectivity index (χ0) is 34.5. The van der Waals surface area contributed by atoms with E-state index in [2.05, 4.69) is 25.0 Å².